The second-order valence-corrected chi connectivity index (χ2v) is 6.43. The SMILES string of the molecule is Cc1nc(-c2ccccc2NC(=O)c2ccc(-n3cncn3)nn2)cs1. The van der Waals surface area contributed by atoms with E-state index in [-0.39, 0.29) is 11.6 Å². The van der Waals surface area contributed by atoms with Crippen LogP contribution in [0.1, 0.15) is 15.5 Å². The Labute approximate surface area is 152 Å². The van der Waals surface area contributed by atoms with Crippen LogP contribution < -0.4 is 5.32 Å². The summed E-state index contributed by atoms with van der Waals surface area (Å²) in [6.07, 6.45) is 2.91. The van der Waals surface area contributed by atoms with Gasteiger partial charge in [0, 0.05) is 10.9 Å². The molecular formula is C17H13N7OS. The second-order valence-electron chi connectivity index (χ2n) is 5.37. The van der Waals surface area contributed by atoms with Crippen LogP contribution >= 0.6 is 11.3 Å². The van der Waals surface area contributed by atoms with Crippen LogP contribution in [0.3, 0.4) is 0 Å². The number of hydrogen-bond donors (Lipinski definition) is 1. The Kier molecular flexibility index (Phi) is 4.20. The molecule has 0 aliphatic heterocycles. The number of carbonyl (C=O) groups is 1. The van der Waals surface area contributed by atoms with E-state index in [2.05, 4.69) is 30.6 Å². The molecule has 4 rings (SSSR count). The van der Waals surface area contributed by atoms with Crippen molar-refractivity contribution in [2.24, 2.45) is 0 Å². The molecule has 4 aromatic rings. The first-order valence-corrected chi connectivity index (χ1v) is 8.60. The molecule has 0 unspecified atom stereocenters. The van der Waals surface area contributed by atoms with Crippen LogP contribution in [0, 0.1) is 6.92 Å². The smallest absolute Gasteiger partial charge is 0.276 e. The van der Waals surface area contributed by atoms with E-state index >= 15 is 0 Å². The zero-order valence-corrected chi connectivity index (χ0v) is 14.5. The van der Waals surface area contributed by atoms with Gasteiger partial charge in [-0.2, -0.15) is 5.10 Å². The van der Waals surface area contributed by atoms with Gasteiger partial charge in [0.1, 0.15) is 12.7 Å². The molecule has 0 radical (unpaired) electrons. The van der Waals surface area contributed by atoms with Crippen molar-refractivity contribution in [3.63, 3.8) is 0 Å². The molecule has 0 aliphatic rings. The second kappa shape index (κ2) is 6.81. The van der Waals surface area contributed by atoms with E-state index in [1.165, 1.54) is 17.3 Å². The summed E-state index contributed by atoms with van der Waals surface area (Å²) in [4.78, 5) is 20.9. The molecule has 1 N–H and O–H groups in total. The summed E-state index contributed by atoms with van der Waals surface area (Å²) in [7, 11) is 0. The number of benzene rings is 1. The number of aromatic nitrogens is 6. The maximum atomic E-state index is 12.5. The number of amides is 1. The van der Waals surface area contributed by atoms with Gasteiger partial charge in [0.2, 0.25) is 0 Å². The number of thiazole rings is 1. The lowest BCUT2D eigenvalue weighted by atomic mass is 10.1. The fourth-order valence-electron chi connectivity index (χ4n) is 2.38. The van der Waals surface area contributed by atoms with Crippen LogP contribution in [0.2, 0.25) is 0 Å². The van der Waals surface area contributed by atoms with Gasteiger partial charge < -0.3 is 5.32 Å². The zero-order chi connectivity index (χ0) is 17.9. The highest BCUT2D eigenvalue weighted by Gasteiger charge is 2.13. The lowest BCUT2D eigenvalue weighted by Gasteiger charge is -2.09. The van der Waals surface area contributed by atoms with Crippen molar-refractivity contribution in [3.8, 4) is 17.1 Å². The Morgan fingerprint density at radius 3 is 2.73 bits per heavy atom. The fourth-order valence-corrected chi connectivity index (χ4v) is 3.00. The third-order valence-corrected chi connectivity index (χ3v) is 4.38. The normalized spacial score (nSPS) is 10.7. The van der Waals surface area contributed by atoms with E-state index in [0.717, 1.165) is 16.3 Å². The molecule has 0 saturated heterocycles. The first-order chi connectivity index (χ1) is 12.7. The highest BCUT2D eigenvalue weighted by molar-refractivity contribution is 7.09. The Balaban J connectivity index is 1.57. The van der Waals surface area contributed by atoms with E-state index in [9.17, 15) is 4.79 Å². The Hall–Kier alpha value is -3.46. The predicted molar refractivity (Wildman–Crippen MR) is 97.2 cm³/mol. The molecule has 3 aromatic heterocycles. The highest BCUT2D eigenvalue weighted by atomic mass is 32.1. The minimum atomic E-state index is -0.345. The maximum Gasteiger partial charge on any atom is 0.276 e. The van der Waals surface area contributed by atoms with Crippen molar-refractivity contribution in [1.29, 1.82) is 0 Å². The predicted octanol–water partition coefficient (Wildman–Crippen LogP) is 2.74. The van der Waals surface area contributed by atoms with Crippen molar-refractivity contribution in [1.82, 2.24) is 29.9 Å². The van der Waals surface area contributed by atoms with Gasteiger partial charge in [0.15, 0.2) is 11.5 Å². The molecule has 0 bridgehead atoms. The molecule has 0 fully saturated rings. The largest absolute Gasteiger partial charge is 0.320 e. The number of para-hydroxylation sites is 1. The molecule has 9 heteroatoms. The van der Waals surface area contributed by atoms with Crippen molar-refractivity contribution < 1.29 is 4.79 Å². The standard InChI is InChI=1S/C17H13N7OS/c1-11-20-15(8-26-11)12-4-2-3-5-13(12)21-17(25)14-6-7-16(23-22-14)24-10-18-9-19-24/h2-10H,1H3,(H,21,25). The van der Waals surface area contributed by atoms with E-state index in [4.69, 9.17) is 0 Å². The molecular weight excluding hydrogens is 350 g/mol. The van der Waals surface area contributed by atoms with Gasteiger partial charge in [0.05, 0.1) is 16.4 Å². The molecule has 0 atom stereocenters. The zero-order valence-electron chi connectivity index (χ0n) is 13.7. The molecule has 1 amide bonds. The molecule has 128 valence electrons. The number of carbonyl (C=O) groups excluding carboxylic acids is 1. The minimum absolute atomic E-state index is 0.207. The third kappa shape index (κ3) is 3.20. The third-order valence-electron chi connectivity index (χ3n) is 3.61. The van der Waals surface area contributed by atoms with Crippen LogP contribution in [0.15, 0.2) is 54.4 Å². The average molecular weight is 363 g/mol. The molecule has 0 spiro atoms. The van der Waals surface area contributed by atoms with Crippen molar-refractivity contribution in [3.05, 3.63) is 65.1 Å². The Morgan fingerprint density at radius 2 is 2.04 bits per heavy atom. The molecule has 26 heavy (non-hydrogen) atoms. The van der Waals surface area contributed by atoms with Gasteiger partial charge in [-0.05, 0) is 25.1 Å². The van der Waals surface area contributed by atoms with E-state index in [1.54, 1.807) is 23.5 Å². The Bertz CT molecular complexity index is 1040. The van der Waals surface area contributed by atoms with Gasteiger partial charge in [-0.25, -0.2) is 14.6 Å². The van der Waals surface area contributed by atoms with Gasteiger partial charge in [-0.15, -0.1) is 21.5 Å². The number of nitrogens with one attached hydrogen (secondary N) is 1. The monoisotopic (exact) mass is 363 g/mol. The molecule has 0 saturated carbocycles. The van der Waals surface area contributed by atoms with E-state index < -0.39 is 0 Å². The summed E-state index contributed by atoms with van der Waals surface area (Å²) in [6.45, 7) is 1.95. The van der Waals surface area contributed by atoms with Crippen LogP contribution in [-0.2, 0) is 0 Å². The van der Waals surface area contributed by atoms with Gasteiger partial charge in [-0.1, -0.05) is 18.2 Å². The number of anilines is 1. The molecule has 8 nitrogen and oxygen atoms in total. The lowest BCUT2D eigenvalue weighted by Crippen LogP contribution is -2.15. The summed E-state index contributed by atoms with van der Waals surface area (Å²) in [5, 5.41) is 17.8. The average Bonchev–Trinajstić information content (AvgIpc) is 3.34. The topological polar surface area (TPSA) is 98.5 Å². The van der Waals surface area contributed by atoms with E-state index in [1.807, 2.05) is 36.6 Å². The van der Waals surface area contributed by atoms with Gasteiger partial charge >= 0.3 is 0 Å². The van der Waals surface area contributed by atoms with Gasteiger partial charge in [0.25, 0.3) is 5.91 Å². The van der Waals surface area contributed by atoms with Crippen LogP contribution in [0.5, 0.6) is 0 Å². The Morgan fingerprint density at radius 1 is 1.15 bits per heavy atom. The van der Waals surface area contributed by atoms with Crippen molar-refractivity contribution in [2.75, 3.05) is 5.32 Å². The van der Waals surface area contributed by atoms with Crippen LogP contribution in [0.25, 0.3) is 17.1 Å². The molecule has 1 aromatic carbocycles. The summed E-state index contributed by atoms with van der Waals surface area (Å²) >= 11 is 1.56. The van der Waals surface area contributed by atoms with Crippen molar-refractivity contribution >= 4 is 22.9 Å². The first kappa shape index (κ1) is 16.0. The van der Waals surface area contributed by atoms with E-state index in [0.29, 0.717) is 11.5 Å². The molecule has 3 heterocycles. The summed E-state index contributed by atoms with van der Waals surface area (Å²) in [5.41, 5.74) is 2.57. The van der Waals surface area contributed by atoms with Crippen LogP contribution in [-0.4, -0.2) is 35.9 Å². The summed E-state index contributed by atoms with van der Waals surface area (Å²) < 4.78 is 1.47. The number of aryl methyl sites for hydroxylation is 1. The maximum absolute atomic E-state index is 12.5. The first-order valence-electron chi connectivity index (χ1n) is 7.72. The van der Waals surface area contributed by atoms with Crippen molar-refractivity contribution in [2.45, 2.75) is 6.92 Å². The number of hydrogen-bond acceptors (Lipinski definition) is 7. The lowest BCUT2D eigenvalue weighted by molar-refractivity contribution is 0.102. The highest BCUT2D eigenvalue weighted by Crippen LogP contribution is 2.29. The summed E-state index contributed by atoms with van der Waals surface area (Å²) in [6, 6.07) is 10.8. The number of rotatable bonds is 4. The minimum Gasteiger partial charge on any atom is -0.320 e. The van der Waals surface area contributed by atoms with Gasteiger partial charge in [-0.3, -0.25) is 4.79 Å². The molecule has 0 aliphatic carbocycles. The quantitative estimate of drug-likeness (QED) is 0.599. The fraction of sp³-hybridized carbons (Fsp3) is 0.0588. The number of nitrogens with zero attached hydrogens (tertiary/aromatic N) is 6. The van der Waals surface area contributed by atoms with Crippen LogP contribution in [0.4, 0.5) is 5.69 Å². The summed E-state index contributed by atoms with van der Waals surface area (Å²) in [5.74, 6) is 0.138.